The van der Waals surface area contributed by atoms with Crippen LogP contribution in [-0.4, -0.2) is 46.8 Å². The second-order valence-electron chi connectivity index (χ2n) is 9.93. The van der Waals surface area contributed by atoms with Crippen LogP contribution in [0.1, 0.15) is 52.7 Å². The molecule has 7 atom stereocenters. The Morgan fingerprint density at radius 3 is 2.74 bits per heavy atom. The Labute approximate surface area is 199 Å². The van der Waals surface area contributed by atoms with Gasteiger partial charge < -0.3 is 24.3 Å². The van der Waals surface area contributed by atoms with E-state index in [1.54, 1.807) is 9.47 Å². The van der Waals surface area contributed by atoms with Crippen molar-refractivity contribution in [3.8, 4) is 5.75 Å². The minimum Gasteiger partial charge on any atom is -0.491 e. The summed E-state index contributed by atoms with van der Waals surface area (Å²) >= 11 is 0. The Hall–Kier alpha value is -3.27. The van der Waals surface area contributed by atoms with Gasteiger partial charge in [0.05, 0.1) is 25.8 Å². The average molecular weight is 485 g/mol. The Morgan fingerprint density at radius 2 is 2.03 bits per heavy atom. The number of fused-ring (bicyclic) bond motifs is 8. The normalized spacial score (nSPS) is 30.8. The molecule has 184 valence electrons. The Balaban J connectivity index is 1.33. The van der Waals surface area contributed by atoms with Gasteiger partial charge in [0.25, 0.3) is 11.8 Å². The van der Waals surface area contributed by atoms with E-state index in [1.807, 2.05) is 0 Å². The number of carbonyl (C=O) groups excluding carboxylic acids is 2. The molecule has 3 fully saturated rings. The summed E-state index contributed by atoms with van der Waals surface area (Å²) in [6.07, 6.45) is 1.77. The highest BCUT2D eigenvalue weighted by Gasteiger charge is 2.67. The van der Waals surface area contributed by atoms with E-state index in [9.17, 15) is 23.2 Å². The number of nitrogens with zero attached hydrogens (tertiary/aromatic N) is 2. The number of hydrogen-bond acceptors (Lipinski definition) is 5. The van der Waals surface area contributed by atoms with E-state index < -0.39 is 35.2 Å². The molecule has 10 heteroatoms. The summed E-state index contributed by atoms with van der Waals surface area (Å²) in [4.78, 5) is 41.6. The van der Waals surface area contributed by atoms with E-state index in [1.165, 1.54) is 26.3 Å². The first kappa shape index (κ1) is 22.2. The first-order valence-electron chi connectivity index (χ1n) is 11.8. The molecule has 1 saturated heterocycles. The van der Waals surface area contributed by atoms with Gasteiger partial charge in [-0.1, -0.05) is 13.0 Å². The molecule has 4 aliphatic rings. The monoisotopic (exact) mass is 485 g/mol. The van der Waals surface area contributed by atoms with Gasteiger partial charge in [0.2, 0.25) is 5.43 Å². The first-order chi connectivity index (χ1) is 16.7. The van der Waals surface area contributed by atoms with Gasteiger partial charge in [-0.25, -0.2) is 8.78 Å². The van der Waals surface area contributed by atoms with Crippen LogP contribution < -0.4 is 15.5 Å². The lowest BCUT2D eigenvalue weighted by Crippen LogP contribution is -2.59. The number of nitrogens with one attached hydrogen (secondary N) is 1. The van der Waals surface area contributed by atoms with Crippen molar-refractivity contribution in [2.45, 2.75) is 51.2 Å². The molecule has 3 heterocycles. The van der Waals surface area contributed by atoms with Gasteiger partial charge in [0.15, 0.2) is 17.7 Å². The first-order valence-corrected chi connectivity index (χ1v) is 11.8. The second kappa shape index (κ2) is 7.61. The van der Waals surface area contributed by atoms with Crippen LogP contribution in [0.5, 0.6) is 5.75 Å². The van der Waals surface area contributed by atoms with Gasteiger partial charge in [-0.2, -0.15) is 0 Å². The highest BCUT2D eigenvalue weighted by atomic mass is 19.1. The summed E-state index contributed by atoms with van der Waals surface area (Å²) in [5.74, 6) is -1.46. The highest BCUT2D eigenvalue weighted by molar-refractivity contribution is 5.99. The number of aromatic nitrogens is 1. The van der Waals surface area contributed by atoms with Crippen molar-refractivity contribution in [3.05, 3.63) is 63.1 Å². The maximum absolute atomic E-state index is 14.2. The number of ether oxygens (including phenoxy) is 2. The number of benzene rings is 1. The number of hydrogen-bond donors (Lipinski definition) is 1. The van der Waals surface area contributed by atoms with E-state index in [0.29, 0.717) is 17.8 Å². The molecule has 0 radical (unpaired) electrons. The second-order valence-corrected chi connectivity index (χ2v) is 9.93. The van der Waals surface area contributed by atoms with Crippen molar-refractivity contribution in [2.24, 2.45) is 17.8 Å². The molecule has 8 nitrogen and oxygen atoms in total. The molecule has 2 saturated carbocycles. The zero-order valence-corrected chi connectivity index (χ0v) is 19.5. The fraction of sp³-hybridized carbons (Fsp3) is 0.480. The van der Waals surface area contributed by atoms with Crippen molar-refractivity contribution >= 4 is 11.8 Å². The summed E-state index contributed by atoms with van der Waals surface area (Å²) in [5.41, 5.74) is -0.789. The zero-order valence-electron chi connectivity index (χ0n) is 19.5. The van der Waals surface area contributed by atoms with E-state index in [2.05, 4.69) is 12.2 Å². The molecule has 2 aliphatic carbocycles. The van der Waals surface area contributed by atoms with Crippen LogP contribution in [-0.2, 0) is 11.3 Å². The highest BCUT2D eigenvalue weighted by Crippen LogP contribution is 2.62. The SMILES string of the molecule is COc1c2n(cc(C(=O)N[C@H](C)c3ccc(F)cc3F)c1=O)C[C@@H]1OC3CC([C@H]4[C@@H](C)[C@@H]34)N1C2=O. The van der Waals surface area contributed by atoms with Crippen molar-refractivity contribution < 1.29 is 27.8 Å². The predicted octanol–water partition coefficient (Wildman–Crippen LogP) is 2.46. The van der Waals surface area contributed by atoms with Gasteiger partial charge in [-0.3, -0.25) is 14.4 Å². The van der Waals surface area contributed by atoms with Crippen molar-refractivity contribution in [3.63, 3.8) is 0 Å². The van der Waals surface area contributed by atoms with Crippen molar-refractivity contribution in [1.82, 2.24) is 14.8 Å². The molecule has 2 amide bonds. The van der Waals surface area contributed by atoms with Crippen LogP contribution in [0.15, 0.2) is 29.2 Å². The van der Waals surface area contributed by atoms with E-state index >= 15 is 0 Å². The summed E-state index contributed by atoms with van der Waals surface area (Å²) in [5, 5.41) is 2.58. The molecular weight excluding hydrogens is 460 g/mol. The van der Waals surface area contributed by atoms with Gasteiger partial charge in [0.1, 0.15) is 17.2 Å². The smallest absolute Gasteiger partial charge is 0.276 e. The molecule has 2 aliphatic heterocycles. The molecule has 1 N–H and O–H groups in total. The van der Waals surface area contributed by atoms with Crippen LogP contribution in [0, 0.1) is 29.4 Å². The summed E-state index contributed by atoms with van der Waals surface area (Å²) in [6, 6.07) is 2.31. The van der Waals surface area contributed by atoms with E-state index in [0.717, 1.165) is 18.6 Å². The number of halogens is 2. The molecular formula is C25H25F2N3O5. The Kier molecular flexibility index (Phi) is 4.83. The number of carbonyl (C=O) groups is 2. The third kappa shape index (κ3) is 3.15. The fourth-order valence-corrected chi connectivity index (χ4v) is 6.46. The van der Waals surface area contributed by atoms with Gasteiger partial charge in [0, 0.05) is 23.9 Å². The van der Waals surface area contributed by atoms with Gasteiger partial charge in [-0.05, 0) is 37.2 Å². The van der Waals surface area contributed by atoms with Crippen LogP contribution in [0.2, 0.25) is 0 Å². The van der Waals surface area contributed by atoms with Gasteiger partial charge in [-0.15, -0.1) is 0 Å². The minimum atomic E-state index is -0.835. The molecule has 6 rings (SSSR count). The van der Waals surface area contributed by atoms with E-state index in [-0.39, 0.29) is 47.2 Å². The fourth-order valence-electron chi connectivity index (χ4n) is 6.46. The molecule has 35 heavy (non-hydrogen) atoms. The standard InChI is InChI=1S/C25H25F2N3O5/c1-10-19-16-7-17(20(10)19)35-18-9-29-8-14(22(31)23(34-3)21(29)25(33)30(16)18)24(32)28-11(2)13-5-4-12(26)6-15(13)27/h4-6,8,10-11,16-20H,7,9H2,1-3H3,(H,28,32)/t10-,11-,16?,17?,18+,19-,20+/m1/s1. The maximum atomic E-state index is 14.2. The number of methoxy groups -OCH3 is 1. The summed E-state index contributed by atoms with van der Waals surface area (Å²) < 4.78 is 40.6. The van der Waals surface area contributed by atoms with Crippen molar-refractivity contribution in [1.29, 1.82) is 0 Å². The number of pyridine rings is 1. The average Bonchev–Trinajstić information content (AvgIpc) is 3.38. The number of rotatable bonds is 4. The quantitative estimate of drug-likeness (QED) is 0.719. The molecule has 1 aromatic heterocycles. The van der Waals surface area contributed by atoms with Crippen molar-refractivity contribution in [2.75, 3.05) is 7.11 Å². The minimum absolute atomic E-state index is 0.0780. The molecule has 0 spiro atoms. The molecule has 2 unspecified atom stereocenters. The van der Waals surface area contributed by atoms with Crippen LogP contribution >= 0.6 is 0 Å². The molecule has 2 aromatic rings. The lowest BCUT2D eigenvalue weighted by molar-refractivity contribution is -0.147. The van der Waals surface area contributed by atoms with Crippen LogP contribution in [0.3, 0.4) is 0 Å². The predicted molar refractivity (Wildman–Crippen MR) is 119 cm³/mol. The van der Waals surface area contributed by atoms with Crippen LogP contribution in [0.4, 0.5) is 8.78 Å². The number of amides is 2. The largest absolute Gasteiger partial charge is 0.491 e. The lowest BCUT2D eigenvalue weighted by atomic mass is 10.00. The lowest BCUT2D eigenvalue weighted by Gasteiger charge is -2.46. The third-order valence-corrected chi connectivity index (χ3v) is 8.12. The summed E-state index contributed by atoms with van der Waals surface area (Å²) in [6.45, 7) is 3.97. The Morgan fingerprint density at radius 1 is 1.26 bits per heavy atom. The van der Waals surface area contributed by atoms with Crippen LogP contribution in [0.25, 0.3) is 0 Å². The molecule has 2 bridgehead atoms. The molecule has 1 aromatic carbocycles. The zero-order chi connectivity index (χ0) is 24.8. The topological polar surface area (TPSA) is 89.9 Å². The maximum Gasteiger partial charge on any atom is 0.276 e. The van der Waals surface area contributed by atoms with Gasteiger partial charge >= 0.3 is 0 Å². The third-order valence-electron chi connectivity index (χ3n) is 8.12. The van der Waals surface area contributed by atoms with E-state index in [4.69, 9.17) is 9.47 Å². The Bertz CT molecular complexity index is 1330. The summed E-state index contributed by atoms with van der Waals surface area (Å²) in [7, 11) is 1.28.